The fourth-order valence-electron chi connectivity index (χ4n) is 5.99. The van der Waals surface area contributed by atoms with Gasteiger partial charge in [0.2, 0.25) is 0 Å². The summed E-state index contributed by atoms with van der Waals surface area (Å²) in [5, 5.41) is 14.0. The zero-order valence-electron chi connectivity index (χ0n) is 23.4. The first-order chi connectivity index (χ1) is 19.2. The summed E-state index contributed by atoms with van der Waals surface area (Å²) in [5.41, 5.74) is 3.21. The molecule has 2 fully saturated rings. The van der Waals surface area contributed by atoms with E-state index in [0.717, 1.165) is 68.7 Å². The van der Waals surface area contributed by atoms with Crippen LogP contribution >= 0.6 is 11.6 Å². The molecule has 1 atom stereocenters. The highest BCUT2D eigenvalue weighted by molar-refractivity contribution is 6.31. The number of rotatable bonds is 8. The number of hydrogen-bond donors (Lipinski definition) is 1. The smallest absolute Gasteiger partial charge is 0.339 e. The molecule has 2 aliphatic heterocycles. The highest BCUT2D eigenvalue weighted by Gasteiger charge is 2.31. The first-order valence-electron chi connectivity index (χ1n) is 13.9. The monoisotopic (exact) mass is 589 g/mol. The van der Waals surface area contributed by atoms with Crippen LogP contribution in [0.15, 0.2) is 48.7 Å². The van der Waals surface area contributed by atoms with Gasteiger partial charge in [0.05, 0.1) is 12.2 Å². The average Bonchev–Trinajstić information content (AvgIpc) is 3.40. The first-order valence-corrected chi connectivity index (χ1v) is 14.3. The fraction of sp³-hybridized carbons (Fsp3) is 0.467. The molecule has 2 aliphatic rings. The van der Waals surface area contributed by atoms with Crippen LogP contribution in [0, 0.1) is 5.92 Å². The second-order valence-corrected chi connectivity index (χ2v) is 11.6. The zero-order valence-corrected chi connectivity index (χ0v) is 24.2. The van der Waals surface area contributed by atoms with Gasteiger partial charge in [-0.15, -0.1) is 0 Å². The molecule has 1 aromatic heterocycles. The van der Waals surface area contributed by atoms with Crippen LogP contribution in [0.5, 0.6) is 0 Å². The second-order valence-electron chi connectivity index (χ2n) is 11.1. The van der Waals surface area contributed by atoms with Gasteiger partial charge in [-0.2, -0.15) is 5.10 Å². The Morgan fingerprint density at radius 1 is 1.05 bits per heavy atom. The molecule has 11 heteroatoms. The number of aromatic carboxylic acids is 1. The maximum absolute atomic E-state index is 13.9. The molecule has 0 radical (unpaired) electrons. The standard InChI is InChI=1S/C30H36ClF2N5O2.H2O/c1-20(2)18-35-12-14-36(15-13-35)23-8-5-21(6-9-23)25-10-7-22(31)16-27(25)37-11-3-4-24(19-37)38-28(29(32)33)26(17-34-38)30(39)40;/h5-10,16-17,20,24,29H,3-4,11-15,18-19H2,1-2H3,(H,39,40);1H2. The van der Waals surface area contributed by atoms with Crippen molar-refractivity contribution in [3.63, 3.8) is 0 Å². The van der Waals surface area contributed by atoms with Gasteiger partial charge in [0, 0.05) is 67.8 Å². The lowest BCUT2D eigenvalue weighted by Gasteiger charge is -2.37. The number of alkyl halides is 2. The van der Waals surface area contributed by atoms with E-state index < -0.39 is 23.7 Å². The molecule has 0 saturated carbocycles. The van der Waals surface area contributed by atoms with Crippen molar-refractivity contribution in [3.8, 4) is 11.1 Å². The number of anilines is 2. The molecule has 2 aromatic carbocycles. The average molecular weight is 590 g/mol. The van der Waals surface area contributed by atoms with Crippen LogP contribution in [-0.4, -0.2) is 77.0 Å². The van der Waals surface area contributed by atoms with Crippen molar-refractivity contribution in [1.29, 1.82) is 0 Å². The van der Waals surface area contributed by atoms with Crippen LogP contribution in [0.1, 0.15) is 55.2 Å². The molecule has 8 nitrogen and oxygen atoms in total. The predicted octanol–water partition coefficient (Wildman–Crippen LogP) is 5.63. The van der Waals surface area contributed by atoms with Gasteiger partial charge in [0.25, 0.3) is 6.43 Å². The topological polar surface area (TPSA) is 96.3 Å². The van der Waals surface area contributed by atoms with Crippen LogP contribution < -0.4 is 9.80 Å². The molecule has 41 heavy (non-hydrogen) atoms. The molecule has 3 heterocycles. The molecule has 5 rings (SSSR count). The number of halogens is 3. The molecule has 3 N–H and O–H groups in total. The Kier molecular flexibility index (Phi) is 9.88. The minimum absolute atomic E-state index is 0. The first kappa shape index (κ1) is 30.7. The molecular weight excluding hydrogens is 552 g/mol. The van der Waals surface area contributed by atoms with Crippen LogP contribution in [0.3, 0.4) is 0 Å². The normalized spacial score (nSPS) is 18.2. The molecule has 0 bridgehead atoms. The molecular formula is C30H38ClF2N5O3. The molecule has 1 unspecified atom stereocenters. The molecule has 0 aliphatic carbocycles. The van der Waals surface area contributed by atoms with E-state index in [0.29, 0.717) is 23.9 Å². The highest BCUT2D eigenvalue weighted by Crippen LogP contribution is 2.38. The Morgan fingerprint density at radius 3 is 2.39 bits per heavy atom. The number of nitrogens with zero attached hydrogens (tertiary/aromatic N) is 5. The van der Waals surface area contributed by atoms with Crippen LogP contribution in [0.4, 0.5) is 20.2 Å². The summed E-state index contributed by atoms with van der Waals surface area (Å²) in [7, 11) is 0. The lowest BCUT2D eigenvalue weighted by molar-refractivity contribution is 0.0681. The van der Waals surface area contributed by atoms with E-state index in [9.17, 15) is 18.7 Å². The van der Waals surface area contributed by atoms with Crippen molar-refractivity contribution in [2.24, 2.45) is 5.92 Å². The summed E-state index contributed by atoms with van der Waals surface area (Å²) in [6.07, 6.45) is -0.517. The molecule has 222 valence electrons. The Bertz CT molecular complexity index is 1330. The SMILES string of the molecule is CC(C)CN1CCN(c2ccc(-c3ccc(Cl)cc3N3CCCC(n4ncc(C(=O)O)c4C(F)F)C3)cc2)CC1.O. The summed E-state index contributed by atoms with van der Waals surface area (Å²) in [4.78, 5) is 18.6. The lowest BCUT2D eigenvalue weighted by Crippen LogP contribution is -2.47. The Labute approximate surface area is 244 Å². The van der Waals surface area contributed by atoms with E-state index in [1.54, 1.807) is 0 Å². The van der Waals surface area contributed by atoms with E-state index in [-0.39, 0.29) is 11.5 Å². The molecule has 2 saturated heterocycles. The predicted molar refractivity (Wildman–Crippen MR) is 159 cm³/mol. The number of carboxylic acids is 1. The molecule has 0 spiro atoms. The van der Waals surface area contributed by atoms with Crippen LogP contribution in [0.2, 0.25) is 5.02 Å². The largest absolute Gasteiger partial charge is 0.478 e. The third-order valence-corrected chi connectivity index (χ3v) is 8.09. The Balaban J connectivity index is 0.00000387. The fourth-order valence-corrected chi connectivity index (χ4v) is 6.15. The van der Waals surface area contributed by atoms with E-state index in [2.05, 4.69) is 57.9 Å². The van der Waals surface area contributed by atoms with Gasteiger partial charge in [-0.1, -0.05) is 43.6 Å². The number of hydrogen-bond acceptors (Lipinski definition) is 5. The minimum Gasteiger partial charge on any atom is -0.478 e. The third-order valence-electron chi connectivity index (χ3n) is 7.85. The van der Waals surface area contributed by atoms with Crippen LogP contribution in [-0.2, 0) is 0 Å². The minimum atomic E-state index is -2.93. The zero-order chi connectivity index (χ0) is 28.4. The molecule has 0 amide bonds. The maximum atomic E-state index is 13.9. The number of carboxylic acid groups (broad SMARTS) is 1. The summed E-state index contributed by atoms with van der Waals surface area (Å²) >= 11 is 6.43. The van der Waals surface area contributed by atoms with E-state index in [1.807, 2.05) is 18.2 Å². The van der Waals surface area contributed by atoms with Gasteiger partial charge >= 0.3 is 5.97 Å². The quantitative estimate of drug-likeness (QED) is 0.366. The maximum Gasteiger partial charge on any atom is 0.339 e. The number of aromatic nitrogens is 2. The summed E-state index contributed by atoms with van der Waals surface area (Å²) in [6.45, 7) is 10.9. The van der Waals surface area contributed by atoms with Gasteiger partial charge in [0.1, 0.15) is 11.3 Å². The van der Waals surface area contributed by atoms with Gasteiger partial charge < -0.3 is 20.4 Å². The number of piperidine rings is 1. The van der Waals surface area contributed by atoms with E-state index in [4.69, 9.17) is 11.6 Å². The van der Waals surface area contributed by atoms with Gasteiger partial charge in [0.15, 0.2) is 0 Å². The van der Waals surface area contributed by atoms with E-state index in [1.165, 1.54) is 10.4 Å². The number of piperazine rings is 1. The van der Waals surface area contributed by atoms with E-state index >= 15 is 0 Å². The van der Waals surface area contributed by atoms with Crippen molar-refractivity contribution in [3.05, 3.63) is 64.9 Å². The number of carbonyl (C=O) groups is 1. The van der Waals surface area contributed by atoms with Crippen LogP contribution in [0.25, 0.3) is 11.1 Å². The Hall–Kier alpha value is -3.21. The summed E-state index contributed by atoms with van der Waals surface area (Å²) in [5.74, 6) is -0.727. The Morgan fingerprint density at radius 2 is 1.76 bits per heavy atom. The third kappa shape index (κ3) is 6.82. The van der Waals surface area contributed by atoms with Crippen molar-refractivity contribution in [2.75, 3.05) is 55.6 Å². The van der Waals surface area contributed by atoms with Gasteiger partial charge in [-0.3, -0.25) is 9.58 Å². The second kappa shape index (κ2) is 13.2. The summed E-state index contributed by atoms with van der Waals surface area (Å²) < 4.78 is 28.9. The van der Waals surface area contributed by atoms with Crippen molar-refractivity contribution in [2.45, 2.75) is 39.2 Å². The lowest BCUT2D eigenvalue weighted by atomic mass is 9.99. The van der Waals surface area contributed by atoms with Crippen molar-refractivity contribution in [1.82, 2.24) is 14.7 Å². The van der Waals surface area contributed by atoms with Gasteiger partial charge in [-0.25, -0.2) is 13.6 Å². The van der Waals surface area contributed by atoms with Gasteiger partial charge in [-0.05, 0) is 48.6 Å². The number of benzene rings is 2. The summed E-state index contributed by atoms with van der Waals surface area (Å²) in [6, 6.07) is 14.0. The highest BCUT2D eigenvalue weighted by atomic mass is 35.5. The molecule has 3 aromatic rings. The van der Waals surface area contributed by atoms with Crippen molar-refractivity contribution < 1.29 is 24.2 Å². The van der Waals surface area contributed by atoms with Crippen molar-refractivity contribution >= 4 is 28.9 Å².